The van der Waals surface area contributed by atoms with Gasteiger partial charge in [-0.15, -0.1) is 0 Å². The van der Waals surface area contributed by atoms with Gasteiger partial charge in [0.25, 0.3) is 5.91 Å². The summed E-state index contributed by atoms with van der Waals surface area (Å²) in [6.07, 6.45) is 1.78. The van der Waals surface area contributed by atoms with E-state index in [0.717, 1.165) is 16.7 Å². The van der Waals surface area contributed by atoms with Crippen molar-refractivity contribution in [2.45, 2.75) is 6.92 Å². The zero-order valence-corrected chi connectivity index (χ0v) is 14.1. The largest absolute Gasteiger partial charge is 0.465 e. The Bertz CT molecular complexity index is 849. The lowest BCUT2D eigenvalue weighted by Crippen LogP contribution is -2.00. The van der Waals surface area contributed by atoms with Crippen LogP contribution in [0.2, 0.25) is 0 Å². The molecule has 0 fully saturated rings. The second kappa shape index (κ2) is 6.84. The number of nitrogens with zero attached hydrogens (tertiary/aromatic N) is 1. The highest BCUT2D eigenvalue weighted by atomic mass is 32.2. The summed E-state index contributed by atoms with van der Waals surface area (Å²) in [5.41, 5.74) is 3.40. The van der Waals surface area contributed by atoms with Gasteiger partial charge >= 0.3 is 5.97 Å². The van der Waals surface area contributed by atoms with Crippen molar-refractivity contribution in [1.29, 1.82) is 0 Å². The van der Waals surface area contributed by atoms with Gasteiger partial charge in [0, 0.05) is 5.56 Å². The topological polar surface area (TPSA) is 55.7 Å². The maximum absolute atomic E-state index is 12.1. The molecule has 0 atom stereocenters. The van der Waals surface area contributed by atoms with E-state index in [1.54, 1.807) is 30.3 Å². The summed E-state index contributed by atoms with van der Waals surface area (Å²) in [5.74, 6) is -0.627. The predicted molar refractivity (Wildman–Crippen MR) is 96.1 cm³/mol. The summed E-state index contributed by atoms with van der Waals surface area (Å²) in [6.45, 7) is 2.02. The van der Waals surface area contributed by atoms with Crippen LogP contribution < -0.4 is 0 Å². The summed E-state index contributed by atoms with van der Waals surface area (Å²) >= 11 is 1.36. The molecule has 1 aliphatic heterocycles. The highest BCUT2D eigenvalue weighted by Crippen LogP contribution is 2.31. The summed E-state index contributed by atoms with van der Waals surface area (Å²) in [5, 5.41) is 0.706. The molecule has 0 aliphatic carbocycles. The van der Waals surface area contributed by atoms with Crippen LogP contribution in [0.3, 0.4) is 0 Å². The molecule has 4 nitrogen and oxygen atoms in total. The summed E-state index contributed by atoms with van der Waals surface area (Å²) in [6, 6.07) is 14.8. The van der Waals surface area contributed by atoms with Gasteiger partial charge in [0.2, 0.25) is 0 Å². The first-order valence-electron chi connectivity index (χ1n) is 7.35. The zero-order valence-electron chi connectivity index (χ0n) is 13.3. The number of hydrogen-bond donors (Lipinski definition) is 0. The standard InChI is InChI=1S/C19H15NO3S/c1-12-3-7-14(8-4-12)18-20-17(21)16(24-18)11-13-5-9-15(10-6-13)19(22)23-2/h3-11H,1-2H3/b16-11-. The van der Waals surface area contributed by atoms with Crippen LogP contribution in [0.4, 0.5) is 0 Å². The van der Waals surface area contributed by atoms with Crippen LogP contribution in [0, 0.1) is 6.92 Å². The molecule has 1 amide bonds. The molecular weight excluding hydrogens is 322 g/mol. The first kappa shape index (κ1) is 16.2. The Morgan fingerprint density at radius 2 is 1.75 bits per heavy atom. The molecule has 1 aliphatic rings. The molecule has 0 saturated heterocycles. The van der Waals surface area contributed by atoms with Gasteiger partial charge in [-0.05, 0) is 30.7 Å². The van der Waals surface area contributed by atoms with E-state index in [1.165, 1.54) is 18.9 Å². The Morgan fingerprint density at radius 1 is 1.08 bits per heavy atom. The minimum absolute atomic E-state index is 0.243. The van der Waals surface area contributed by atoms with Crippen molar-refractivity contribution < 1.29 is 14.3 Å². The highest BCUT2D eigenvalue weighted by Gasteiger charge is 2.22. The van der Waals surface area contributed by atoms with E-state index in [9.17, 15) is 9.59 Å². The normalized spacial score (nSPS) is 15.5. The molecule has 120 valence electrons. The number of thioether (sulfide) groups is 1. The summed E-state index contributed by atoms with van der Waals surface area (Å²) in [7, 11) is 1.34. The molecular formula is C19H15NO3S. The van der Waals surface area contributed by atoms with E-state index in [0.29, 0.717) is 15.5 Å². The van der Waals surface area contributed by atoms with Crippen LogP contribution in [0.15, 0.2) is 58.4 Å². The fourth-order valence-corrected chi connectivity index (χ4v) is 3.13. The van der Waals surface area contributed by atoms with Crippen LogP contribution in [-0.4, -0.2) is 24.0 Å². The molecule has 2 aromatic carbocycles. The maximum atomic E-state index is 12.1. The first-order valence-corrected chi connectivity index (χ1v) is 8.16. The lowest BCUT2D eigenvalue weighted by Gasteiger charge is -2.01. The van der Waals surface area contributed by atoms with Crippen molar-refractivity contribution in [1.82, 2.24) is 0 Å². The van der Waals surface area contributed by atoms with Crippen molar-refractivity contribution in [2.24, 2.45) is 4.99 Å². The molecule has 5 heteroatoms. The van der Waals surface area contributed by atoms with Gasteiger partial charge in [-0.1, -0.05) is 53.7 Å². The number of carbonyl (C=O) groups is 2. The number of ether oxygens (including phenoxy) is 1. The number of rotatable bonds is 3. The van der Waals surface area contributed by atoms with Gasteiger partial charge in [0.1, 0.15) is 5.04 Å². The number of carbonyl (C=O) groups excluding carboxylic acids is 2. The molecule has 0 bridgehead atoms. The third-order valence-corrected chi connectivity index (χ3v) is 4.58. The second-order valence-corrected chi connectivity index (χ2v) is 6.34. The van der Waals surface area contributed by atoms with E-state index >= 15 is 0 Å². The van der Waals surface area contributed by atoms with Crippen molar-refractivity contribution in [3.63, 3.8) is 0 Å². The van der Waals surface area contributed by atoms with Crippen LogP contribution in [-0.2, 0) is 9.53 Å². The third kappa shape index (κ3) is 3.46. The van der Waals surface area contributed by atoms with E-state index in [2.05, 4.69) is 9.73 Å². The van der Waals surface area contributed by atoms with E-state index in [1.807, 2.05) is 31.2 Å². The fraction of sp³-hybridized carbons (Fsp3) is 0.105. The Kier molecular flexibility index (Phi) is 4.62. The average molecular weight is 337 g/mol. The van der Waals surface area contributed by atoms with E-state index in [-0.39, 0.29) is 11.9 Å². The fourth-order valence-electron chi connectivity index (χ4n) is 2.21. The smallest absolute Gasteiger partial charge is 0.337 e. The van der Waals surface area contributed by atoms with Gasteiger partial charge in [-0.3, -0.25) is 4.79 Å². The Balaban J connectivity index is 1.79. The Morgan fingerprint density at radius 3 is 2.38 bits per heavy atom. The summed E-state index contributed by atoms with van der Waals surface area (Å²) < 4.78 is 4.67. The monoisotopic (exact) mass is 337 g/mol. The lowest BCUT2D eigenvalue weighted by molar-refractivity contribution is -0.113. The average Bonchev–Trinajstić information content (AvgIpc) is 2.96. The van der Waals surface area contributed by atoms with Gasteiger partial charge in [0.05, 0.1) is 17.6 Å². The number of methoxy groups -OCH3 is 1. The van der Waals surface area contributed by atoms with Crippen LogP contribution >= 0.6 is 11.8 Å². The van der Waals surface area contributed by atoms with E-state index in [4.69, 9.17) is 0 Å². The third-order valence-electron chi connectivity index (χ3n) is 3.55. The maximum Gasteiger partial charge on any atom is 0.337 e. The molecule has 3 rings (SSSR count). The van der Waals surface area contributed by atoms with Gasteiger partial charge in [0.15, 0.2) is 0 Å². The van der Waals surface area contributed by atoms with Crippen molar-refractivity contribution >= 4 is 34.8 Å². The highest BCUT2D eigenvalue weighted by molar-refractivity contribution is 8.19. The number of hydrogen-bond acceptors (Lipinski definition) is 4. The zero-order chi connectivity index (χ0) is 17.1. The molecule has 0 aromatic heterocycles. The quantitative estimate of drug-likeness (QED) is 0.631. The minimum Gasteiger partial charge on any atom is -0.465 e. The molecule has 0 radical (unpaired) electrons. The molecule has 0 N–H and O–H groups in total. The van der Waals surface area contributed by atoms with Gasteiger partial charge in [-0.2, -0.15) is 0 Å². The molecule has 2 aromatic rings. The second-order valence-electron chi connectivity index (χ2n) is 5.31. The van der Waals surface area contributed by atoms with Crippen molar-refractivity contribution in [2.75, 3.05) is 7.11 Å². The SMILES string of the molecule is COC(=O)c1ccc(/C=C2\SC(c3ccc(C)cc3)=NC2=O)cc1. The van der Waals surface area contributed by atoms with Crippen molar-refractivity contribution in [3.05, 3.63) is 75.7 Å². The van der Waals surface area contributed by atoms with Gasteiger partial charge < -0.3 is 4.74 Å². The molecule has 0 spiro atoms. The van der Waals surface area contributed by atoms with Crippen LogP contribution in [0.25, 0.3) is 6.08 Å². The molecule has 1 heterocycles. The lowest BCUT2D eigenvalue weighted by atomic mass is 10.1. The number of aryl methyl sites for hydroxylation is 1. The predicted octanol–water partition coefficient (Wildman–Crippen LogP) is 3.84. The molecule has 0 saturated carbocycles. The van der Waals surface area contributed by atoms with E-state index < -0.39 is 0 Å². The first-order chi connectivity index (χ1) is 11.6. The van der Waals surface area contributed by atoms with Crippen molar-refractivity contribution in [3.8, 4) is 0 Å². The number of aliphatic imine (C=N–C) groups is 1. The molecule has 0 unspecified atom stereocenters. The van der Waals surface area contributed by atoms with Gasteiger partial charge in [-0.25, -0.2) is 9.79 Å². The molecule has 24 heavy (non-hydrogen) atoms. The number of benzene rings is 2. The number of esters is 1. The van der Waals surface area contributed by atoms with Crippen LogP contribution in [0.1, 0.15) is 27.0 Å². The minimum atomic E-state index is -0.384. The summed E-state index contributed by atoms with van der Waals surface area (Å²) in [4.78, 5) is 28.2. The number of amides is 1. The Labute approximate surface area is 144 Å². The van der Waals surface area contributed by atoms with Crippen LogP contribution in [0.5, 0.6) is 0 Å². The Hall–Kier alpha value is -2.66.